The third-order valence-electron chi connectivity index (χ3n) is 3.27. The van der Waals surface area contributed by atoms with Crippen molar-refractivity contribution in [1.82, 2.24) is 20.4 Å². The van der Waals surface area contributed by atoms with Gasteiger partial charge in [-0.1, -0.05) is 17.3 Å². The Morgan fingerprint density at radius 1 is 1.43 bits per heavy atom. The van der Waals surface area contributed by atoms with Crippen LogP contribution < -0.4 is 5.32 Å². The van der Waals surface area contributed by atoms with Crippen molar-refractivity contribution in [2.24, 2.45) is 0 Å². The number of hydrogen-bond donors (Lipinski definition) is 1. The van der Waals surface area contributed by atoms with Crippen LogP contribution in [0.25, 0.3) is 0 Å². The second-order valence-electron chi connectivity index (χ2n) is 4.90. The predicted octanol–water partition coefficient (Wildman–Crippen LogP) is 0.731. The van der Waals surface area contributed by atoms with Gasteiger partial charge in [0.2, 0.25) is 11.8 Å². The second-order valence-corrected chi connectivity index (χ2v) is 4.90. The van der Waals surface area contributed by atoms with E-state index in [1.165, 1.54) is 12.1 Å². The highest BCUT2D eigenvalue weighted by molar-refractivity contribution is 5.78. The van der Waals surface area contributed by atoms with Crippen molar-refractivity contribution in [3.8, 4) is 0 Å². The molecule has 1 amide bonds. The molecule has 0 saturated carbocycles. The fraction of sp³-hybridized carbons (Fsp3) is 0.357. The van der Waals surface area contributed by atoms with Crippen LogP contribution in [0.2, 0.25) is 0 Å². The zero-order chi connectivity index (χ0) is 14.7. The van der Waals surface area contributed by atoms with E-state index in [0.29, 0.717) is 37.8 Å². The maximum atomic E-state index is 13.1. The third-order valence-corrected chi connectivity index (χ3v) is 3.27. The van der Waals surface area contributed by atoms with E-state index in [1.54, 1.807) is 17.0 Å². The molecule has 0 atom stereocenters. The highest BCUT2D eigenvalue weighted by Crippen LogP contribution is 2.10. The van der Waals surface area contributed by atoms with E-state index >= 15 is 0 Å². The minimum atomic E-state index is -0.289. The first-order valence-corrected chi connectivity index (χ1v) is 6.75. The Morgan fingerprint density at radius 3 is 3.14 bits per heavy atom. The van der Waals surface area contributed by atoms with Gasteiger partial charge in [-0.2, -0.15) is 4.98 Å². The molecule has 21 heavy (non-hydrogen) atoms. The van der Waals surface area contributed by atoms with Gasteiger partial charge in [0.1, 0.15) is 12.4 Å². The fourth-order valence-corrected chi connectivity index (χ4v) is 2.23. The third kappa shape index (κ3) is 3.43. The summed E-state index contributed by atoms with van der Waals surface area (Å²) in [5, 5.41) is 6.87. The number of aromatic nitrogens is 2. The van der Waals surface area contributed by atoms with Gasteiger partial charge in [0, 0.05) is 19.5 Å². The van der Waals surface area contributed by atoms with Crippen LogP contribution in [-0.2, 0) is 17.8 Å². The number of halogens is 1. The SMILES string of the molecule is O=C1CNCCN1Cc1nc(Cc2cccc(F)c2)no1. The average molecular weight is 290 g/mol. The van der Waals surface area contributed by atoms with Crippen LogP contribution in [0.1, 0.15) is 17.3 Å². The molecule has 1 saturated heterocycles. The standard InChI is InChI=1S/C14H15FN4O2/c15-11-3-1-2-10(6-11)7-12-17-13(21-18-12)9-19-5-4-16-8-14(19)20/h1-3,6,16H,4-5,7-9H2. The summed E-state index contributed by atoms with van der Waals surface area (Å²) in [6, 6.07) is 6.28. The van der Waals surface area contributed by atoms with Crippen molar-refractivity contribution in [3.05, 3.63) is 47.4 Å². The second kappa shape index (κ2) is 6.01. The summed E-state index contributed by atoms with van der Waals surface area (Å²) >= 11 is 0. The van der Waals surface area contributed by atoms with Gasteiger partial charge in [0.05, 0.1) is 6.54 Å². The Balaban J connectivity index is 1.64. The molecule has 6 nitrogen and oxygen atoms in total. The van der Waals surface area contributed by atoms with Gasteiger partial charge in [-0.3, -0.25) is 4.79 Å². The van der Waals surface area contributed by atoms with E-state index in [2.05, 4.69) is 15.5 Å². The Hall–Kier alpha value is -2.28. The summed E-state index contributed by atoms with van der Waals surface area (Å²) in [7, 11) is 0. The first-order chi connectivity index (χ1) is 10.2. The van der Waals surface area contributed by atoms with E-state index in [-0.39, 0.29) is 11.7 Å². The van der Waals surface area contributed by atoms with E-state index in [1.807, 2.05) is 0 Å². The highest BCUT2D eigenvalue weighted by atomic mass is 19.1. The van der Waals surface area contributed by atoms with E-state index in [0.717, 1.165) is 12.1 Å². The molecule has 0 aliphatic carbocycles. The van der Waals surface area contributed by atoms with Gasteiger partial charge in [-0.15, -0.1) is 0 Å². The van der Waals surface area contributed by atoms with Gasteiger partial charge < -0.3 is 14.7 Å². The molecule has 0 bridgehead atoms. The van der Waals surface area contributed by atoms with Crippen LogP contribution in [0.4, 0.5) is 4.39 Å². The van der Waals surface area contributed by atoms with Crippen LogP contribution >= 0.6 is 0 Å². The molecule has 1 aromatic carbocycles. The van der Waals surface area contributed by atoms with Crippen molar-refractivity contribution in [1.29, 1.82) is 0 Å². The van der Waals surface area contributed by atoms with Crippen LogP contribution in [0.15, 0.2) is 28.8 Å². The lowest BCUT2D eigenvalue weighted by molar-refractivity contribution is -0.132. The number of carbonyl (C=O) groups excluding carboxylic acids is 1. The summed E-state index contributed by atoms with van der Waals surface area (Å²) in [5.74, 6) is 0.614. The molecule has 0 unspecified atom stereocenters. The number of amides is 1. The molecule has 1 aromatic heterocycles. The number of hydrogen-bond acceptors (Lipinski definition) is 5. The molecule has 2 heterocycles. The lowest BCUT2D eigenvalue weighted by Gasteiger charge is -2.25. The average Bonchev–Trinajstić information content (AvgIpc) is 2.89. The smallest absolute Gasteiger partial charge is 0.246 e. The minimum Gasteiger partial charge on any atom is -0.337 e. The lowest BCUT2D eigenvalue weighted by Crippen LogP contribution is -2.47. The number of benzene rings is 1. The Labute approximate surface area is 120 Å². The van der Waals surface area contributed by atoms with E-state index in [9.17, 15) is 9.18 Å². The minimum absolute atomic E-state index is 0.0196. The summed E-state index contributed by atoms with van der Waals surface area (Å²) in [5.41, 5.74) is 0.778. The van der Waals surface area contributed by atoms with Gasteiger partial charge in [-0.25, -0.2) is 4.39 Å². The van der Waals surface area contributed by atoms with Crippen LogP contribution in [-0.4, -0.2) is 40.6 Å². The van der Waals surface area contributed by atoms with Crippen molar-refractivity contribution in [2.75, 3.05) is 19.6 Å². The summed E-state index contributed by atoms with van der Waals surface area (Å²) in [6.07, 6.45) is 0.400. The first kappa shape index (κ1) is 13.7. The maximum absolute atomic E-state index is 13.1. The van der Waals surface area contributed by atoms with Gasteiger partial charge in [0.25, 0.3) is 0 Å². The fourth-order valence-electron chi connectivity index (χ4n) is 2.23. The molecule has 1 fully saturated rings. The summed E-state index contributed by atoms with van der Waals surface area (Å²) in [6.45, 7) is 2.04. The normalized spacial score (nSPS) is 15.5. The molecular weight excluding hydrogens is 275 g/mol. The Bertz CT molecular complexity index is 643. The monoisotopic (exact) mass is 290 g/mol. The molecule has 110 valence electrons. The number of nitrogens with zero attached hydrogens (tertiary/aromatic N) is 3. The molecule has 1 aliphatic rings. The largest absolute Gasteiger partial charge is 0.337 e. The number of rotatable bonds is 4. The summed E-state index contributed by atoms with van der Waals surface area (Å²) < 4.78 is 18.3. The molecule has 0 spiro atoms. The summed E-state index contributed by atoms with van der Waals surface area (Å²) in [4.78, 5) is 17.6. The Kier molecular flexibility index (Phi) is 3.92. The van der Waals surface area contributed by atoms with Crippen LogP contribution in [0, 0.1) is 5.82 Å². The zero-order valence-corrected chi connectivity index (χ0v) is 11.4. The van der Waals surface area contributed by atoms with Crippen molar-refractivity contribution >= 4 is 5.91 Å². The predicted molar refractivity (Wildman–Crippen MR) is 71.8 cm³/mol. The van der Waals surface area contributed by atoms with Gasteiger partial charge >= 0.3 is 0 Å². The lowest BCUT2D eigenvalue weighted by atomic mass is 10.1. The van der Waals surface area contributed by atoms with E-state index < -0.39 is 0 Å². The Morgan fingerprint density at radius 2 is 2.33 bits per heavy atom. The quantitative estimate of drug-likeness (QED) is 0.899. The highest BCUT2D eigenvalue weighted by Gasteiger charge is 2.20. The van der Waals surface area contributed by atoms with Gasteiger partial charge in [-0.05, 0) is 17.7 Å². The molecule has 1 aliphatic heterocycles. The van der Waals surface area contributed by atoms with Gasteiger partial charge in [0.15, 0.2) is 5.82 Å². The topological polar surface area (TPSA) is 71.3 Å². The molecular formula is C14H15FN4O2. The molecule has 7 heteroatoms. The number of piperazine rings is 1. The van der Waals surface area contributed by atoms with E-state index in [4.69, 9.17) is 4.52 Å². The maximum Gasteiger partial charge on any atom is 0.246 e. The first-order valence-electron chi connectivity index (χ1n) is 6.75. The molecule has 2 aromatic rings. The zero-order valence-electron chi connectivity index (χ0n) is 11.4. The van der Waals surface area contributed by atoms with Crippen molar-refractivity contribution in [2.45, 2.75) is 13.0 Å². The van der Waals surface area contributed by atoms with Crippen molar-refractivity contribution < 1.29 is 13.7 Å². The van der Waals surface area contributed by atoms with Crippen molar-refractivity contribution in [3.63, 3.8) is 0 Å². The number of carbonyl (C=O) groups is 1. The molecule has 0 radical (unpaired) electrons. The van der Waals surface area contributed by atoms with Crippen LogP contribution in [0.3, 0.4) is 0 Å². The molecule has 3 rings (SSSR count). The number of nitrogens with one attached hydrogen (secondary N) is 1. The van der Waals surface area contributed by atoms with Crippen LogP contribution in [0.5, 0.6) is 0 Å². The molecule has 1 N–H and O–H groups in total.